The zero-order chi connectivity index (χ0) is 51.7. The van der Waals surface area contributed by atoms with Crippen LogP contribution < -0.4 is 37.9 Å². The van der Waals surface area contributed by atoms with E-state index in [0.717, 1.165) is 33.4 Å². The number of hydrogen-bond donors (Lipinski definition) is 0. The number of rotatable bonds is 22. The predicted molar refractivity (Wildman–Crippen MR) is 291 cm³/mol. The monoisotopic (exact) mass is 1000 g/mol. The lowest BCUT2D eigenvalue weighted by molar-refractivity contribution is 0.0732. The van der Waals surface area contributed by atoms with Crippen molar-refractivity contribution < 1.29 is 47.5 Å². The average Bonchev–Trinajstić information content (AvgIpc) is 3.49. The molecule has 0 aliphatic rings. The Bertz CT molecular complexity index is 3370. The van der Waals surface area contributed by atoms with Crippen molar-refractivity contribution in [3.8, 4) is 46.0 Å². The van der Waals surface area contributed by atoms with Gasteiger partial charge in [0.25, 0.3) is 0 Å². The van der Waals surface area contributed by atoms with Crippen LogP contribution in [0.1, 0.15) is 54.1 Å². The van der Waals surface area contributed by atoms with Crippen molar-refractivity contribution in [1.29, 1.82) is 0 Å². The van der Waals surface area contributed by atoms with Crippen LogP contribution in [0.2, 0.25) is 0 Å². The predicted octanol–water partition coefficient (Wildman–Crippen LogP) is 14.8. The van der Waals surface area contributed by atoms with Gasteiger partial charge in [-0.1, -0.05) is 206 Å². The lowest BCUT2D eigenvalue weighted by Crippen LogP contribution is -2.13. The number of benzene rings is 10. The van der Waals surface area contributed by atoms with Gasteiger partial charge in [0.05, 0.1) is 11.1 Å². The van der Waals surface area contributed by atoms with Gasteiger partial charge in [0.15, 0.2) is 23.0 Å². The first-order valence-electron chi connectivity index (χ1n) is 24.8. The molecule has 10 nitrogen and oxygen atoms in total. The van der Waals surface area contributed by atoms with Crippen LogP contribution in [0.25, 0.3) is 10.8 Å². The standard InChI is InChI=1S/C66H52O10/c67-65(54-36-59(69-41-47-21-7-1-8-22-47)63(73-45-51-29-15-5-16-30-51)60(37-54)70-42-48-23-9-2-10-24-48)75-56-35-53-33-19-20-34-57(53)58(40-56)76-66(68)55-38-61(71-43-49-25-11-3-12-26-49)64(74-46-52-31-17-6-18-32-52)62(39-55)72-44-50-27-13-4-14-28-50/h1-40H,41-46H2. The van der Waals surface area contributed by atoms with Gasteiger partial charge in [-0.25, -0.2) is 9.59 Å². The molecule has 0 aliphatic carbocycles. The third-order valence-corrected chi connectivity index (χ3v) is 12.1. The number of carbonyl (C=O) groups excluding carboxylic acids is 2. The van der Waals surface area contributed by atoms with Gasteiger partial charge in [-0.05, 0) is 69.1 Å². The highest BCUT2D eigenvalue weighted by molar-refractivity contribution is 5.98. The Morgan fingerprint density at radius 3 is 0.908 bits per heavy atom. The van der Waals surface area contributed by atoms with Gasteiger partial charge in [0.2, 0.25) is 11.5 Å². The van der Waals surface area contributed by atoms with Crippen molar-refractivity contribution in [1.82, 2.24) is 0 Å². The minimum atomic E-state index is -0.720. The van der Waals surface area contributed by atoms with Crippen molar-refractivity contribution >= 4 is 22.7 Å². The second-order valence-electron chi connectivity index (χ2n) is 17.7. The van der Waals surface area contributed by atoms with E-state index in [1.54, 1.807) is 30.3 Å². The fourth-order valence-electron chi connectivity index (χ4n) is 8.22. The van der Waals surface area contributed by atoms with E-state index in [1.807, 2.05) is 206 Å². The first-order chi connectivity index (χ1) is 37.5. The zero-order valence-electron chi connectivity index (χ0n) is 41.4. The summed E-state index contributed by atoms with van der Waals surface area (Å²) in [6.45, 7) is 1.15. The zero-order valence-corrected chi connectivity index (χ0v) is 41.4. The van der Waals surface area contributed by atoms with Gasteiger partial charge in [-0.2, -0.15) is 0 Å². The van der Waals surface area contributed by atoms with Gasteiger partial charge >= 0.3 is 11.9 Å². The van der Waals surface area contributed by atoms with Crippen molar-refractivity contribution in [2.45, 2.75) is 39.6 Å². The molecule has 0 heterocycles. The summed E-state index contributed by atoms with van der Waals surface area (Å²) in [4.78, 5) is 29.1. The minimum absolute atomic E-state index is 0.123. The first kappa shape index (κ1) is 49.8. The summed E-state index contributed by atoms with van der Waals surface area (Å²) in [6.07, 6.45) is 0. The second kappa shape index (κ2) is 24.8. The Hall–Kier alpha value is -9.80. The maximum Gasteiger partial charge on any atom is 0.343 e. The van der Waals surface area contributed by atoms with Crippen LogP contribution in [-0.2, 0) is 39.6 Å². The summed E-state index contributed by atoms with van der Waals surface area (Å²) >= 11 is 0. The van der Waals surface area contributed by atoms with E-state index in [0.29, 0.717) is 22.3 Å². The molecular formula is C66H52O10. The highest BCUT2D eigenvalue weighted by Crippen LogP contribution is 2.43. The van der Waals surface area contributed by atoms with Crippen molar-refractivity contribution in [2.75, 3.05) is 0 Å². The summed E-state index contributed by atoms with van der Waals surface area (Å²) in [5.41, 5.74) is 5.76. The normalized spacial score (nSPS) is 10.8. The van der Waals surface area contributed by atoms with Crippen LogP contribution in [0.3, 0.4) is 0 Å². The summed E-state index contributed by atoms with van der Waals surface area (Å²) < 4.78 is 51.2. The van der Waals surface area contributed by atoms with Crippen LogP contribution in [0, 0.1) is 0 Å². The van der Waals surface area contributed by atoms with E-state index >= 15 is 0 Å². The molecule has 376 valence electrons. The number of fused-ring (bicyclic) bond motifs is 1. The molecule has 0 bridgehead atoms. The molecular weight excluding hydrogens is 953 g/mol. The fraction of sp³-hybridized carbons (Fsp3) is 0.0909. The number of ether oxygens (including phenoxy) is 8. The van der Waals surface area contributed by atoms with E-state index in [2.05, 4.69) is 0 Å². The van der Waals surface area contributed by atoms with Crippen LogP contribution in [0.15, 0.2) is 243 Å². The highest BCUT2D eigenvalue weighted by Gasteiger charge is 2.24. The highest BCUT2D eigenvalue weighted by atomic mass is 16.6. The average molecular weight is 1010 g/mol. The quantitative estimate of drug-likeness (QED) is 0.0481. The van der Waals surface area contributed by atoms with Crippen molar-refractivity contribution in [2.24, 2.45) is 0 Å². The Morgan fingerprint density at radius 1 is 0.276 bits per heavy atom. The van der Waals surface area contributed by atoms with E-state index in [-0.39, 0.29) is 85.3 Å². The lowest BCUT2D eigenvalue weighted by Gasteiger charge is -2.19. The van der Waals surface area contributed by atoms with Crippen LogP contribution in [-0.4, -0.2) is 11.9 Å². The molecule has 0 radical (unpaired) electrons. The first-order valence-corrected chi connectivity index (χ1v) is 24.8. The smallest absolute Gasteiger partial charge is 0.343 e. The van der Waals surface area contributed by atoms with Crippen LogP contribution in [0.5, 0.6) is 46.0 Å². The molecule has 10 aromatic carbocycles. The molecule has 0 saturated heterocycles. The molecule has 76 heavy (non-hydrogen) atoms. The maximum atomic E-state index is 14.6. The van der Waals surface area contributed by atoms with Gasteiger partial charge in [-0.15, -0.1) is 0 Å². The molecule has 10 heteroatoms. The molecule has 0 atom stereocenters. The van der Waals surface area contributed by atoms with E-state index in [4.69, 9.17) is 37.9 Å². The minimum Gasteiger partial charge on any atom is -0.485 e. The lowest BCUT2D eigenvalue weighted by atomic mass is 10.1. The number of esters is 2. The fourth-order valence-corrected chi connectivity index (χ4v) is 8.22. The molecule has 10 aromatic rings. The molecule has 0 N–H and O–H groups in total. The Balaban J connectivity index is 0.974. The third-order valence-electron chi connectivity index (χ3n) is 12.1. The topological polar surface area (TPSA) is 108 Å². The SMILES string of the molecule is O=C(Oc1cc(OC(=O)c2cc(OCc3ccccc3)c(OCc3ccccc3)c(OCc3ccccc3)c2)c2ccccc2c1)c1cc(OCc2ccccc2)c(OCc2ccccc2)c(OCc2ccccc2)c1. The van der Waals surface area contributed by atoms with E-state index in [1.165, 1.54) is 6.07 Å². The largest absolute Gasteiger partial charge is 0.485 e. The maximum absolute atomic E-state index is 14.6. The molecule has 0 spiro atoms. The van der Waals surface area contributed by atoms with Crippen LogP contribution >= 0.6 is 0 Å². The Labute approximate surface area is 441 Å². The molecule has 0 fully saturated rings. The van der Waals surface area contributed by atoms with Crippen molar-refractivity contribution in [3.63, 3.8) is 0 Å². The van der Waals surface area contributed by atoms with E-state index < -0.39 is 11.9 Å². The second-order valence-corrected chi connectivity index (χ2v) is 17.7. The summed E-state index contributed by atoms with van der Waals surface area (Å²) in [5.74, 6) is 0.597. The summed E-state index contributed by atoms with van der Waals surface area (Å²) in [6, 6.07) is 75.2. The molecule has 10 rings (SSSR count). The van der Waals surface area contributed by atoms with Crippen molar-refractivity contribution in [3.05, 3.63) is 287 Å². The number of carbonyl (C=O) groups is 2. The molecule has 0 unspecified atom stereocenters. The van der Waals surface area contributed by atoms with Gasteiger partial charge in [-0.3, -0.25) is 0 Å². The summed E-state index contributed by atoms with van der Waals surface area (Å²) in [5, 5.41) is 1.26. The third kappa shape index (κ3) is 13.2. The summed E-state index contributed by atoms with van der Waals surface area (Å²) in [7, 11) is 0. The Morgan fingerprint density at radius 2 is 0.566 bits per heavy atom. The van der Waals surface area contributed by atoms with E-state index in [9.17, 15) is 9.59 Å². The molecule has 0 aromatic heterocycles. The molecule has 0 amide bonds. The Kier molecular flexibility index (Phi) is 16.2. The van der Waals surface area contributed by atoms with Crippen LogP contribution in [0.4, 0.5) is 0 Å². The van der Waals surface area contributed by atoms with Gasteiger partial charge in [0, 0.05) is 11.5 Å². The molecule has 0 aliphatic heterocycles. The molecule has 0 saturated carbocycles. The van der Waals surface area contributed by atoms with Gasteiger partial charge < -0.3 is 37.9 Å². The van der Waals surface area contributed by atoms with Gasteiger partial charge in [0.1, 0.15) is 51.1 Å². The number of hydrogen-bond acceptors (Lipinski definition) is 10.